The highest BCUT2D eigenvalue weighted by Crippen LogP contribution is 1.95. The molecule has 0 fully saturated rings. The fourth-order valence-electron chi connectivity index (χ4n) is 0.0417. The van der Waals surface area contributed by atoms with Crippen LogP contribution in [-0.4, -0.2) is 24.3 Å². The summed E-state index contributed by atoms with van der Waals surface area (Å²) in [4.78, 5) is 9.56. The first-order valence-electron chi connectivity index (χ1n) is 1.79. The van der Waals surface area contributed by atoms with Crippen molar-refractivity contribution in [3.63, 3.8) is 0 Å². The fraction of sp³-hybridized carbons (Fsp3) is 0.750. The predicted octanol–water partition coefficient (Wildman–Crippen LogP) is -0.549. The van der Waals surface area contributed by atoms with E-state index in [0.29, 0.717) is 0 Å². The monoisotopic (exact) mass is 103 g/mol. The number of carbonyl (C=O) groups excluding carboxylic acids is 1. The van der Waals surface area contributed by atoms with Gasteiger partial charge in [0.1, 0.15) is 0 Å². The van der Waals surface area contributed by atoms with Crippen LogP contribution in [0, 0.1) is 0 Å². The molecule has 0 bridgehead atoms. The molecule has 0 rings (SSSR count). The molecular formula is C4H7O3. The summed E-state index contributed by atoms with van der Waals surface area (Å²) in [6.45, 7) is 1.21. The molecule has 0 heterocycles. The lowest BCUT2D eigenvalue weighted by atomic mass is 10.4. The zero-order valence-corrected chi connectivity index (χ0v) is 4.26. The third-order valence-electron chi connectivity index (χ3n) is 0.587. The van der Waals surface area contributed by atoms with E-state index in [0.717, 1.165) is 0 Å². The van der Waals surface area contributed by atoms with Gasteiger partial charge in [0.2, 0.25) is 5.79 Å². The van der Waals surface area contributed by atoms with Crippen molar-refractivity contribution in [1.82, 2.24) is 0 Å². The number of hydrogen-bond donors (Lipinski definition) is 1. The van der Waals surface area contributed by atoms with E-state index in [1.165, 1.54) is 20.3 Å². The van der Waals surface area contributed by atoms with E-state index in [1.54, 1.807) is 0 Å². The van der Waals surface area contributed by atoms with E-state index in [1.807, 2.05) is 0 Å². The molecule has 0 aromatic carbocycles. The third-order valence-corrected chi connectivity index (χ3v) is 0.587. The van der Waals surface area contributed by atoms with Crippen LogP contribution >= 0.6 is 0 Å². The molecule has 3 heteroatoms. The maximum absolute atomic E-state index is 9.56. The second-order valence-corrected chi connectivity index (χ2v) is 1.29. The molecule has 1 N–H and O–H groups in total. The minimum Gasteiger partial charge on any atom is -0.359 e. The Labute approximate surface area is 41.9 Å². The Balaban J connectivity index is 3.58. The lowest BCUT2D eigenvalue weighted by molar-refractivity contribution is -0.113. The van der Waals surface area contributed by atoms with Crippen LogP contribution in [0.3, 0.4) is 0 Å². The first-order chi connectivity index (χ1) is 3.12. The van der Waals surface area contributed by atoms with E-state index in [9.17, 15) is 4.79 Å². The second kappa shape index (κ2) is 2.04. The maximum Gasteiger partial charge on any atom is 0.262 e. The smallest absolute Gasteiger partial charge is 0.262 e. The summed E-state index contributed by atoms with van der Waals surface area (Å²) in [5, 5.41) is 8.49. The van der Waals surface area contributed by atoms with E-state index >= 15 is 0 Å². The fourth-order valence-corrected chi connectivity index (χ4v) is 0.0417. The van der Waals surface area contributed by atoms with Crippen LogP contribution < -0.4 is 0 Å². The van der Waals surface area contributed by atoms with Crippen molar-refractivity contribution in [2.24, 2.45) is 0 Å². The zero-order valence-electron chi connectivity index (χ0n) is 4.26. The van der Waals surface area contributed by atoms with Crippen LogP contribution in [0.15, 0.2) is 0 Å². The average Bonchev–Trinajstić information content (AvgIpc) is 1.68. The molecule has 0 aliphatic rings. The van der Waals surface area contributed by atoms with E-state index < -0.39 is 5.79 Å². The molecule has 0 aliphatic carbocycles. The van der Waals surface area contributed by atoms with Crippen LogP contribution in [0.2, 0.25) is 0 Å². The van der Waals surface area contributed by atoms with E-state index in [-0.39, 0.29) is 0 Å². The van der Waals surface area contributed by atoms with Crippen molar-refractivity contribution in [2.45, 2.75) is 12.7 Å². The summed E-state index contributed by atoms with van der Waals surface area (Å²) >= 11 is 0. The van der Waals surface area contributed by atoms with Gasteiger partial charge in [0, 0.05) is 7.11 Å². The Morgan fingerprint density at radius 1 is 1.86 bits per heavy atom. The van der Waals surface area contributed by atoms with Gasteiger partial charge in [-0.25, -0.2) is 0 Å². The predicted molar refractivity (Wildman–Crippen MR) is 23.3 cm³/mol. The Hall–Kier alpha value is -0.410. The van der Waals surface area contributed by atoms with Crippen molar-refractivity contribution in [1.29, 1.82) is 0 Å². The van der Waals surface area contributed by atoms with Crippen molar-refractivity contribution in [3.8, 4) is 0 Å². The summed E-state index contributed by atoms with van der Waals surface area (Å²) < 4.78 is 4.22. The topological polar surface area (TPSA) is 46.5 Å². The molecule has 41 valence electrons. The molecule has 1 radical (unpaired) electrons. The number of aliphatic hydroxyl groups is 1. The van der Waals surface area contributed by atoms with Crippen LogP contribution in [-0.2, 0) is 9.53 Å². The highest BCUT2D eigenvalue weighted by molar-refractivity contribution is 5.59. The number of hydrogen-bond acceptors (Lipinski definition) is 3. The molecule has 0 spiro atoms. The number of methoxy groups -OCH3 is 1. The minimum atomic E-state index is -1.72. The SMILES string of the molecule is COC(C)(O)[C]=O. The Kier molecular flexibility index (Phi) is 1.92. The van der Waals surface area contributed by atoms with Gasteiger partial charge in [0.25, 0.3) is 6.29 Å². The van der Waals surface area contributed by atoms with Gasteiger partial charge in [-0.05, 0) is 6.92 Å². The van der Waals surface area contributed by atoms with Gasteiger partial charge >= 0.3 is 0 Å². The van der Waals surface area contributed by atoms with Crippen molar-refractivity contribution >= 4 is 6.29 Å². The van der Waals surface area contributed by atoms with Gasteiger partial charge in [-0.15, -0.1) is 0 Å². The van der Waals surface area contributed by atoms with Crippen molar-refractivity contribution in [2.75, 3.05) is 7.11 Å². The highest BCUT2D eigenvalue weighted by atomic mass is 16.6. The maximum atomic E-state index is 9.56. The summed E-state index contributed by atoms with van der Waals surface area (Å²) in [7, 11) is 1.23. The molecule has 0 aromatic rings. The molecular weight excluding hydrogens is 96.0 g/mol. The van der Waals surface area contributed by atoms with Crippen LogP contribution in [0.1, 0.15) is 6.92 Å². The standard InChI is InChI=1S/C4H7O3/c1-4(6,3-5)7-2/h6H,1-2H3. The van der Waals surface area contributed by atoms with Gasteiger partial charge in [-0.2, -0.15) is 0 Å². The first-order valence-corrected chi connectivity index (χ1v) is 1.79. The van der Waals surface area contributed by atoms with Crippen molar-refractivity contribution < 1.29 is 14.6 Å². The average molecular weight is 103 g/mol. The summed E-state index contributed by atoms with van der Waals surface area (Å²) in [6, 6.07) is 0. The summed E-state index contributed by atoms with van der Waals surface area (Å²) in [5.41, 5.74) is 0. The molecule has 1 atom stereocenters. The van der Waals surface area contributed by atoms with Gasteiger partial charge in [-0.1, -0.05) is 0 Å². The normalized spacial score (nSPS) is 18.1. The number of rotatable bonds is 2. The number of ether oxygens (including phenoxy) is 1. The second-order valence-electron chi connectivity index (χ2n) is 1.29. The Morgan fingerprint density at radius 2 is 2.29 bits per heavy atom. The third kappa shape index (κ3) is 2.31. The zero-order chi connectivity index (χ0) is 5.91. The molecule has 7 heavy (non-hydrogen) atoms. The summed E-state index contributed by atoms with van der Waals surface area (Å²) in [5.74, 6) is -1.72. The largest absolute Gasteiger partial charge is 0.359 e. The van der Waals surface area contributed by atoms with Crippen LogP contribution in [0.25, 0.3) is 0 Å². The Bertz CT molecular complexity index is 67.3. The molecule has 0 aromatic heterocycles. The van der Waals surface area contributed by atoms with Crippen LogP contribution in [0.4, 0.5) is 0 Å². The van der Waals surface area contributed by atoms with Crippen LogP contribution in [0.5, 0.6) is 0 Å². The van der Waals surface area contributed by atoms with E-state index in [2.05, 4.69) is 4.74 Å². The summed E-state index contributed by atoms with van der Waals surface area (Å²) in [6.07, 6.45) is 1.27. The molecule has 0 aliphatic heterocycles. The minimum absolute atomic E-state index is 1.21. The van der Waals surface area contributed by atoms with Gasteiger partial charge in [0.15, 0.2) is 0 Å². The first kappa shape index (κ1) is 6.59. The Morgan fingerprint density at radius 3 is 2.29 bits per heavy atom. The van der Waals surface area contributed by atoms with E-state index in [4.69, 9.17) is 5.11 Å². The lowest BCUT2D eigenvalue weighted by Gasteiger charge is -2.09. The molecule has 0 saturated heterocycles. The lowest BCUT2D eigenvalue weighted by Crippen LogP contribution is -2.27. The molecule has 0 amide bonds. The highest BCUT2D eigenvalue weighted by Gasteiger charge is 2.17. The quantitative estimate of drug-likeness (QED) is 0.477. The van der Waals surface area contributed by atoms with Gasteiger partial charge < -0.3 is 9.84 Å². The molecule has 1 unspecified atom stereocenters. The van der Waals surface area contributed by atoms with Gasteiger partial charge in [-0.3, -0.25) is 4.79 Å². The van der Waals surface area contributed by atoms with Crippen molar-refractivity contribution in [3.05, 3.63) is 0 Å². The molecule has 0 saturated carbocycles. The van der Waals surface area contributed by atoms with Gasteiger partial charge in [0.05, 0.1) is 0 Å². The molecule has 3 nitrogen and oxygen atoms in total.